The highest BCUT2D eigenvalue weighted by Crippen LogP contribution is 2.12. The molecule has 2 aromatic heterocycles. The van der Waals surface area contributed by atoms with Gasteiger partial charge < -0.3 is 19.0 Å². The number of carbonyl (C=O) groups excluding carboxylic acids is 1. The van der Waals surface area contributed by atoms with E-state index in [-0.39, 0.29) is 24.6 Å². The largest absolute Gasteiger partial charge is 0.502 e. The maximum absolute atomic E-state index is 11.6. The molecule has 2 aromatic rings. The Morgan fingerprint density at radius 1 is 1.48 bits per heavy atom. The minimum absolute atomic E-state index is 0.0282. The lowest BCUT2D eigenvalue weighted by molar-refractivity contribution is 0.0588. The van der Waals surface area contributed by atoms with Crippen LogP contribution in [0.3, 0.4) is 0 Å². The van der Waals surface area contributed by atoms with Crippen molar-refractivity contribution in [1.29, 1.82) is 0 Å². The van der Waals surface area contributed by atoms with Crippen LogP contribution in [0.25, 0.3) is 0 Å². The lowest BCUT2D eigenvalue weighted by Crippen LogP contribution is -2.12. The smallest absolute Gasteiger partial charge is 0.360 e. The van der Waals surface area contributed by atoms with E-state index in [4.69, 9.17) is 14.3 Å². The summed E-state index contributed by atoms with van der Waals surface area (Å²) < 4.78 is 16.0. The van der Waals surface area contributed by atoms with Crippen LogP contribution < -0.4 is 5.43 Å². The second-order valence-corrected chi connectivity index (χ2v) is 4.06. The Kier molecular flexibility index (Phi) is 4.33. The summed E-state index contributed by atoms with van der Waals surface area (Å²) in [7, 11) is 2.69. The first-order valence-corrected chi connectivity index (χ1v) is 5.87. The molecule has 0 aliphatic heterocycles. The highest BCUT2D eigenvalue weighted by atomic mass is 16.5. The summed E-state index contributed by atoms with van der Waals surface area (Å²) in [5.41, 5.74) is -0.154. The zero-order valence-corrected chi connectivity index (χ0v) is 11.4. The molecule has 9 nitrogen and oxygen atoms in total. The summed E-state index contributed by atoms with van der Waals surface area (Å²) >= 11 is 0. The molecule has 0 radical (unpaired) electrons. The average Bonchev–Trinajstić information content (AvgIpc) is 2.85. The topological polar surface area (TPSA) is 117 Å². The maximum atomic E-state index is 11.6. The maximum Gasteiger partial charge on any atom is 0.360 e. The Labute approximate surface area is 118 Å². The van der Waals surface area contributed by atoms with Crippen LogP contribution >= 0.6 is 0 Å². The fourth-order valence-corrected chi connectivity index (χ4v) is 1.67. The van der Waals surface area contributed by atoms with Crippen molar-refractivity contribution in [3.8, 4) is 5.75 Å². The second kappa shape index (κ2) is 6.18. The first-order chi connectivity index (χ1) is 10.1. The van der Waals surface area contributed by atoms with Crippen LogP contribution in [-0.4, -0.2) is 40.3 Å². The van der Waals surface area contributed by atoms with Crippen molar-refractivity contribution in [2.45, 2.75) is 13.2 Å². The molecule has 0 saturated heterocycles. The lowest BCUT2D eigenvalue weighted by Gasteiger charge is -2.06. The van der Waals surface area contributed by atoms with Crippen molar-refractivity contribution >= 4 is 5.97 Å². The molecular formula is C12H13N3O6. The van der Waals surface area contributed by atoms with Crippen molar-refractivity contribution < 1.29 is 23.8 Å². The van der Waals surface area contributed by atoms with Gasteiger partial charge in [-0.2, -0.15) is 0 Å². The van der Waals surface area contributed by atoms with Gasteiger partial charge in [0.15, 0.2) is 11.4 Å². The number of aromatic nitrogens is 3. The zero-order valence-electron chi connectivity index (χ0n) is 11.4. The molecule has 0 aliphatic carbocycles. The number of rotatable bonds is 5. The normalized spacial score (nSPS) is 10.6. The number of nitrogens with zero attached hydrogens (tertiary/aromatic N) is 3. The molecule has 2 rings (SSSR count). The van der Waals surface area contributed by atoms with Crippen molar-refractivity contribution in [2.24, 2.45) is 0 Å². The van der Waals surface area contributed by atoms with E-state index >= 15 is 0 Å². The van der Waals surface area contributed by atoms with E-state index in [2.05, 4.69) is 15.0 Å². The van der Waals surface area contributed by atoms with Gasteiger partial charge in [-0.3, -0.25) is 4.79 Å². The van der Waals surface area contributed by atoms with Gasteiger partial charge in [0.1, 0.15) is 18.6 Å². The van der Waals surface area contributed by atoms with E-state index in [0.29, 0.717) is 5.69 Å². The van der Waals surface area contributed by atoms with Crippen LogP contribution in [0, 0.1) is 0 Å². The van der Waals surface area contributed by atoms with Gasteiger partial charge >= 0.3 is 5.97 Å². The molecule has 0 amide bonds. The highest BCUT2D eigenvalue weighted by Gasteiger charge is 2.20. The third-order valence-corrected chi connectivity index (χ3v) is 2.67. The number of ether oxygens (including phenoxy) is 2. The molecule has 0 bridgehead atoms. The van der Waals surface area contributed by atoms with E-state index in [1.165, 1.54) is 18.9 Å². The summed E-state index contributed by atoms with van der Waals surface area (Å²) in [5.74, 6) is -0.873. The standard InChI is InChI=1S/C12H13N3O6/c1-19-5-8-11(12(18)20-2)13-14-15(8)4-7-3-9(16)10(17)6-21-7/h3,6,17H,4-5H2,1-2H3. The fourth-order valence-electron chi connectivity index (χ4n) is 1.67. The third-order valence-electron chi connectivity index (χ3n) is 2.67. The molecule has 0 aliphatic rings. The quantitative estimate of drug-likeness (QED) is 0.761. The molecule has 0 aromatic carbocycles. The molecule has 1 N–H and O–H groups in total. The van der Waals surface area contributed by atoms with Crippen molar-refractivity contribution in [2.75, 3.05) is 14.2 Å². The average molecular weight is 295 g/mol. The molecule has 0 atom stereocenters. The number of carbonyl (C=O) groups is 1. The molecular weight excluding hydrogens is 282 g/mol. The van der Waals surface area contributed by atoms with Crippen LogP contribution in [0.2, 0.25) is 0 Å². The van der Waals surface area contributed by atoms with Crippen LogP contribution in [0.15, 0.2) is 21.5 Å². The molecule has 112 valence electrons. The van der Waals surface area contributed by atoms with Gasteiger partial charge in [0.2, 0.25) is 5.43 Å². The Bertz CT molecular complexity index is 705. The van der Waals surface area contributed by atoms with Gasteiger partial charge in [-0.1, -0.05) is 5.21 Å². The van der Waals surface area contributed by atoms with Crippen LogP contribution in [0.1, 0.15) is 21.9 Å². The SMILES string of the molecule is COCc1c(C(=O)OC)nnn1Cc1cc(=O)c(O)co1. The zero-order chi connectivity index (χ0) is 15.4. The van der Waals surface area contributed by atoms with Crippen LogP contribution in [-0.2, 0) is 22.6 Å². The van der Waals surface area contributed by atoms with Gasteiger partial charge in [-0.25, -0.2) is 9.48 Å². The summed E-state index contributed by atoms with van der Waals surface area (Å²) in [6.45, 7) is 0.137. The Morgan fingerprint density at radius 3 is 2.86 bits per heavy atom. The molecule has 9 heteroatoms. The first-order valence-electron chi connectivity index (χ1n) is 5.87. The Balaban J connectivity index is 2.35. The molecule has 0 fully saturated rings. The number of hydrogen-bond donors (Lipinski definition) is 1. The van der Waals surface area contributed by atoms with E-state index < -0.39 is 17.1 Å². The van der Waals surface area contributed by atoms with Crippen molar-refractivity contribution in [3.63, 3.8) is 0 Å². The third kappa shape index (κ3) is 3.08. The fraction of sp³-hybridized carbons (Fsp3) is 0.333. The second-order valence-electron chi connectivity index (χ2n) is 4.06. The van der Waals surface area contributed by atoms with E-state index in [1.807, 2.05) is 0 Å². The van der Waals surface area contributed by atoms with E-state index in [0.717, 1.165) is 12.3 Å². The molecule has 0 spiro atoms. The predicted octanol–water partition coefficient (Wildman–Crippen LogP) is -0.0818. The van der Waals surface area contributed by atoms with Gasteiger partial charge in [0.05, 0.1) is 19.4 Å². The summed E-state index contributed by atoms with van der Waals surface area (Å²) in [6, 6.07) is 1.13. The summed E-state index contributed by atoms with van der Waals surface area (Å²) in [4.78, 5) is 22.9. The number of esters is 1. The predicted molar refractivity (Wildman–Crippen MR) is 67.8 cm³/mol. The summed E-state index contributed by atoms with van der Waals surface area (Å²) in [5, 5.41) is 16.7. The molecule has 0 saturated carbocycles. The molecule has 2 heterocycles. The summed E-state index contributed by atoms with van der Waals surface area (Å²) in [6.07, 6.45) is 0.936. The number of hydrogen-bond acceptors (Lipinski definition) is 8. The van der Waals surface area contributed by atoms with E-state index in [9.17, 15) is 9.59 Å². The monoisotopic (exact) mass is 295 g/mol. The van der Waals surface area contributed by atoms with Crippen LogP contribution in [0.4, 0.5) is 0 Å². The van der Waals surface area contributed by atoms with Gasteiger partial charge in [-0.05, 0) is 0 Å². The number of aromatic hydroxyl groups is 1. The van der Waals surface area contributed by atoms with Crippen LogP contribution in [0.5, 0.6) is 5.75 Å². The first kappa shape index (κ1) is 14.7. The van der Waals surface area contributed by atoms with Gasteiger partial charge in [0.25, 0.3) is 0 Å². The molecule has 0 unspecified atom stereocenters. The van der Waals surface area contributed by atoms with E-state index in [1.54, 1.807) is 0 Å². The van der Waals surface area contributed by atoms with Crippen molar-refractivity contribution in [3.05, 3.63) is 39.7 Å². The highest BCUT2D eigenvalue weighted by molar-refractivity contribution is 5.88. The minimum atomic E-state index is -0.638. The lowest BCUT2D eigenvalue weighted by atomic mass is 10.3. The van der Waals surface area contributed by atoms with Crippen molar-refractivity contribution in [1.82, 2.24) is 15.0 Å². The Morgan fingerprint density at radius 2 is 2.24 bits per heavy atom. The number of methoxy groups -OCH3 is 2. The van der Waals surface area contributed by atoms with Gasteiger partial charge in [0, 0.05) is 13.2 Å². The Hall–Kier alpha value is -2.68. The molecule has 21 heavy (non-hydrogen) atoms. The minimum Gasteiger partial charge on any atom is -0.502 e. The van der Waals surface area contributed by atoms with Gasteiger partial charge in [-0.15, -0.1) is 5.10 Å².